The zero-order valence-electron chi connectivity index (χ0n) is 12.4. The van der Waals surface area contributed by atoms with E-state index < -0.39 is 0 Å². The zero-order chi connectivity index (χ0) is 15.1. The van der Waals surface area contributed by atoms with Gasteiger partial charge in [0.1, 0.15) is 0 Å². The van der Waals surface area contributed by atoms with Gasteiger partial charge in [0.05, 0.1) is 17.9 Å². The summed E-state index contributed by atoms with van der Waals surface area (Å²) in [5, 5.41) is 6.53. The van der Waals surface area contributed by atoms with E-state index in [-0.39, 0.29) is 6.03 Å². The Bertz CT molecular complexity index is 663. The van der Waals surface area contributed by atoms with Crippen LogP contribution in [0, 0.1) is 0 Å². The van der Waals surface area contributed by atoms with Gasteiger partial charge in [-0.2, -0.15) is 5.10 Å². The topological polar surface area (TPSA) is 57.5 Å². The summed E-state index contributed by atoms with van der Waals surface area (Å²) < 4.78 is 6.12. The molecule has 2 saturated heterocycles. The molecule has 7 nitrogen and oxygen atoms in total. The molecular formula is C14H18N6OS. The van der Waals surface area contributed by atoms with Gasteiger partial charge in [0.25, 0.3) is 0 Å². The number of amides is 2. The van der Waals surface area contributed by atoms with E-state index in [1.54, 1.807) is 16.0 Å². The maximum absolute atomic E-state index is 12.0. The highest BCUT2D eigenvalue weighted by Crippen LogP contribution is 2.26. The number of hydrogen-bond donors (Lipinski definition) is 0. The number of urea groups is 1. The van der Waals surface area contributed by atoms with Crippen molar-refractivity contribution >= 4 is 23.3 Å². The van der Waals surface area contributed by atoms with Crippen LogP contribution >= 0.6 is 11.5 Å². The molecule has 0 N–H and O–H groups in total. The first kappa shape index (κ1) is 13.7. The van der Waals surface area contributed by atoms with Gasteiger partial charge in [0.2, 0.25) is 0 Å². The first-order valence-electron chi connectivity index (χ1n) is 7.38. The highest BCUT2D eigenvalue weighted by molar-refractivity contribution is 7.03. The molecule has 116 valence electrons. The zero-order valence-corrected chi connectivity index (χ0v) is 13.2. The fraction of sp³-hybridized carbons (Fsp3) is 0.500. The van der Waals surface area contributed by atoms with Crippen LogP contribution in [0.4, 0.5) is 10.5 Å². The third-order valence-corrected chi connectivity index (χ3v) is 4.95. The Balaban J connectivity index is 1.36. The number of carbonyl (C=O) groups excluding carboxylic acids is 1. The van der Waals surface area contributed by atoms with E-state index in [9.17, 15) is 4.79 Å². The Kier molecular flexibility index (Phi) is 3.34. The summed E-state index contributed by atoms with van der Waals surface area (Å²) in [6.45, 7) is 4.45. The number of nitrogens with zero attached hydrogens (tertiary/aromatic N) is 6. The summed E-state index contributed by atoms with van der Waals surface area (Å²) >= 11 is 1.50. The van der Waals surface area contributed by atoms with Crippen LogP contribution in [-0.2, 0) is 6.54 Å². The maximum Gasteiger partial charge on any atom is 0.324 e. The summed E-state index contributed by atoms with van der Waals surface area (Å²) in [5.74, 6) is 0. The molecule has 2 aromatic rings. The van der Waals surface area contributed by atoms with E-state index >= 15 is 0 Å². The molecular weight excluding hydrogens is 300 g/mol. The van der Waals surface area contributed by atoms with Gasteiger partial charge in [-0.3, -0.25) is 14.5 Å². The largest absolute Gasteiger partial charge is 0.326 e. The van der Waals surface area contributed by atoms with Gasteiger partial charge in [-0.1, -0.05) is 0 Å². The smallest absolute Gasteiger partial charge is 0.324 e. The SMILES string of the molecule is CN1CCN(c2cnn(C3CN(Cc4cnsc4)C3)c2)C1=O. The second kappa shape index (κ2) is 5.36. The third-order valence-electron chi connectivity index (χ3n) is 4.32. The van der Waals surface area contributed by atoms with Crippen LogP contribution in [0.2, 0.25) is 0 Å². The lowest BCUT2D eigenvalue weighted by Crippen LogP contribution is -2.47. The van der Waals surface area contributed by atoms with Crippen molar-refractivity contribution in [1.29, 1.82) is 0 Å². The summed E-state index contributed by atoms with van der Waals surface area (Å²) in [6.07, 6.45) is 5.72. The van der Waals surface area contributed by atoms with Crippen LogP contribution in [0.3, 0.4) is 0 Å². The first-order valence-corrected chi connectivity index (χ1v) is 8.22. The van der Waals surface area contributed by atoms with Crippen molar-refractivity contribution in [2.75, 3.05) is 38.1 Å². The lowest BCUT2D eigenvalue weighted by Gasteiger charge is -2.38. The van der Waals surface area contributed by atoms with E-state index in [2.05, 4.69) is 19.8 Å². The van der Waals surface area contributed by atoms with Crippen molar-refractivity contribution in [2.24, 2.45) is 0 Å². The molecule has 0 unspecified atom stereocenters. The van der Waals surface area contributed by atoms with Crippen molar-refractivity contribution in [3.63, 3.8) is 0 Å². The van der Waals surface area contributed by atoms with Gasteiger partial charge in [0, 0.05) is 57.5 Å². The standard InChI is InChI=1S/C14H18N6OS/c1-17-2-3-19(14(17)21)12-5-15-20(9-12)13-7-18(8-13)6-11-4-16-22-10-11/h4-5,9-10,13H,2-3,6-8H2,1H3. The number of hydrogen-bond acceptors (Lipinski definition) is 5. The molecule has 4 rings (SSSR count). The van der Waals surface area contributed by atoms with Crippen LogP contribution < -0.4 is 4.90 Å². The van der Waals surface area contributed by atoms with Gasteiger partial charge in [-0.05, 0) is 17.1 Å². The van der Waals surface area contributed by atoms with Gasteiger partial charge < -0.3 is 4.90 Å². The van der Waals surface area contributed by atoms with Crippen molar-refractivity contribution in [2.45, 2.75) is 12.6 Å². The summed E-state index contributed by atoms with van der Waals surface area (Å²) in [4.78, 5) is 17.9. The molecule has 0 aliphatic carbocycles. The van der Waals surface area contributed by atoms with E-state index in [0.29, 0.717) is 6.04 Å². The quantitative estimate of drug-likeness (QED) is 0.852. The number of rotatable bonds is 4. The molecule has 2 amide bonds. The molecule has 0 atom stereocenters. The minimum Gasteiger partial charge on any atom is -0.326 e. The Morgan fingerprint density at radius 3 is 2.86 bits per heavy atom. The fourth-order valence-corrected chi connectivity index (χ4v) is 3.48. The maximum atomic E-state index is 12.0. The molecule has 4 heterocycles. The van der Waals surface area contributed by atoms with Crippen LogP contribution in [0.25, 0.3) is 0 Å². The first-order chi connectivity index (χ1) is 10.7. The van der Waals surface area contributed by atoms with Crippen LogP contribution in [0.1, 0.15) is 11.6 Å². The van der Waals surface area contributed by atoms with E-state index in [4.69, 9.17) is 0 Å². The molecule has 0 saturated carbocycles. The number of likely N-dealkylation sites (tertiary alicyclic amines) is 1. The van der Waals surface area contributed by atoms with Gasteiger partial charge >= 0.3 is 6.03 Å². The molecule has 2 fully saturated rings. The van der Waals surface area contributed by atoms with Gasteiger partial charge in [-0.25, -0.2) is 9.17 Å². The average Bonchev–Trinajstić information content (AvgIpc) is 3.18. The normalized spacial score (nSPS) is 20.0. The molecule has 0 radical (unpaired) electrons. The van der Waals surface area contributed by atoms with E-state index in [1.807, 2.05) is 24.1 Å². The molecule has 2 aromatic heterocycles. The second-order valence-corrected chi connectivity index (χ2v) is 6.57. The van der Waals surface area contributed by atoms with Gasteiger partial charge in [-0.15, -0.1) is 0 Å². The molecule has 22 heavy (non-hydrogen) atoms. The molecule has 0 spiro atoms. The Morgan fingerprint density at radius 2 is 2.18 bits per heavy atom. The highest BCUT2D eigenvalue weighted by atomic mass is 32.1. The minimum atomic E-state index is 0.0553. The van der Waals surface area contributed by atoms with Crippen molar-refractivity contribution in [3.05, 3.63) is 29.5 Å². The van der Waals surface area contributed by atoms with Crippen LogP contribution in [0.5, 0.6) is 0 Å². The molecule has 0 aromatic carbocycles. The predicted molar refractivity (Wildman–Crippen MR) is 84.0 cm³/mol. The summed E-state index contributed by atoms with van der Waals surface area (Å²) in [7, 11) is 1.83. The van der Waals surface area contributed by atoms with E-state index in [1.165, 1.54) is 17.1 Å². The fourth-order valence-electron chi connectivity index (χ4n) is 2.96. The summed E-state index contributed by atoms with van der Waals surface area (Å²) in [5.41, 5.74) is 2.17. The van der Waals surface area contributed by atoms with Gasteiger partial charge in [0.15, 0.2) is 0 Å². The predicted octanol–water partition coefficient (Wildman–Crippen LogP) is 1.27. The average molecular weight is 318 g/mol. The molecule has 2 aliphatic heterocycles. The number of aromatic nitrogens is 3. The molecule has 2 aliphatic rings. The van der Waals surface area contributed by atoms with Crippen molar-refractivity contribution in [1.82, 2.24) is 24.0 Å². The van der Waals surface area contributed by atoms with E-state index in [0.717, 1.165) is 38.4 Å². The summed E-state index contributed by atoms with van der Waals surface area (Å²) in [6, 6.07) is 0.454. The van der Waals surface area contributed by atoms with Crippen LogP contribution in [-0.4, -0.2) is 63.2 Å². The number of anilines is 1. The third kappa shape index (κ3) is 2.38. The van der Waals surface area contributed by atoms with Crippen molar-refractivity contribution < 1.29 is 4.79 Å². The lowest BCUT2D eigenvalue weighted by atomic mass is 10.1. The molecule has 0 bridgehead atoms. The lowest BCUT2D eigenvalue weighted by molar-refractivity contribution is 0.0910. The van der Waals surface area contributed by atoms with Crippen LogP contribution in [0.15, 0.2) is 24.0 Å². The minimum absolute atomic E-state index is 0.0553. The molecule has 8 heteroatoms. The Morgan fingerprint density at radius 1 is 1.32 bits per heavy atom. The Labute approximate surface area is 132 Å². The van der Waals surface area contributed by atoms with Crippen molar-refractivity contribution in [3.8, 4) is 0 Å². The second-order valence-electron chi connectivity index (χ2n) is 5.91. The number of likely N-dealkylation sites (N-methyl/N-ethyl adjacent to an activating group) is 1. The Hall–Kier alpha value is -1.93. The number of carbonyl (C=O) groups is 1. The monoisotopic (exact) mass is 318 g/mol. The highest BCUT2D eigenvalue weighted by Gasteiger charge is 2.31.